The summed E-state index contributed by atoms with van der Waals surface area (Å²) in [5, 5.41) is 0.539. The number of rotatable bonds is 5. The molecule has 1 aromatic heterocycles. The number of carbonyl (C=O) groups excluding carboxylic acids is 2. The molecule has 0 aliphatic carbocycles. The van der Waals surface area contributed by atoms with E-state index in [2.05, 4.69) is 4.98 Å². The van der Waals surface area contributed by atoms with Crippen LogP contribution in [0.15, 0.2) is 42.6 Å². The fourth-order valence-electron chi connectivity index (χ4n) is 2.28. The van der Waals surface area contributed by atoms with Crippen LogP contribution in [0.4, 0.5) is 11.5 Å². The summed E-state index contributed by atoms with van der Waals surface area (Å²) in [6, 6.07) is 10.2. The number of aromatic nitrogens is 1. The van der Waals surface area contributed by atoms with E-state index in [1.807, 2.05) is 0 Å². The topological polar surface area (TPSA) is 85.5 Å². The number of hydrogen-bond acceptors (Lipinski definition) is 5. The maximum Gasteiger partial charge on any atom is 0.315 e. The van der Waals surface area contributed by atoms with Gasteiger partial charge in [-0.1, -0.05) is 11.6 Å². The second-order valence-corrected chi connectivity index (χ2v) is 7.13. The van der Waals surface area contributed by atoms with Crippen molar-refractivity contribution in [3.05, 3.63) is 53.2 Å². The van der Waals surface area contributed by atoms with Gasteiger partial charge in [-0.05, 0) is 62.7 Å². The third-order valence-corrected chi connectivity index (χ3v) is 3.58. The Labute approximate surface area is 157 Å². The second kappa shape index (κ2) is 8.29. The van der Waals surface area contributed by atoms with Gasteiger partial charge in [0.15, 0.2) is 0 Å². The van der Waals surface area contributed by atoms with E-state index in [9.17, 15) is 9.59 Å². The van der Waals surface area contributed by atoms with Gasteiger partial charge in [0.25, 0.3) is 0 Å². The number of ether oxygens (including phenoxy) is 1. The number of benzene rings is 1. The van der Waals surface area contributed by atoms with Gasteiger partial charge >= 0.3 is 5.97 Å². The van der Waals surface area contributed by atoms with E-state index in [4.69, 9.17) is 22.1 Å². The zero-order valence-corrected chi connectivity index (χ0v) is 15.8. The van der Waals surface area contributed by atoms with Gasteiger partial charge in [0.1, 0.15) is 17.8 Å². The molecule has 0 saturated heterocycles. The lowest BCUT2D eigenvalue weighted by molar-refractivity contribution is -0.156. The number of hydrogen-bond donors (Lipinski definition) is 1. The maximum atomic E-state index is 12.8. The van der Waals surface area contributed by atoms with Gasteiger partial charge in [-0.25, -0.2) is 4.98 Å². The molecule has 0 bridgehead atoms. The minimum Gasteiger partial charge on any atom is -0.460 e. The van der Waals surface area contributed by atoms with Gasteiger partial charge in [0, 0.05) is 17.8 Å². The zero-order chi connectivity index (χ0) is 19.3. The van der Waals surface area contributed by atoms with E-state index in [-0.39, 0.29) is 0 Å². The number of carbonyl (C=O) groups is 2. The number of pyridine rings is 1. The summed E-state index contributed by atoms with van der Waals surface area (Å²) in [6.45, 7) is 5.56. The highest BCUT2D eigenvalue weighted by molar-refractivity contribution is 6.30. The van der Waals surface area contributed by atoms with Crippen LogP contribution in [0.1, 0.15) is 32.8 Å². The van der Waals surface area contributed by atoms with Crippen LogP contribution in [0.2, 0.25) is 5.02 Å². The highest BCUT2D eigenvalue weighted by Crippen LogP contribution is 2.27. The van der Waals surface area contributed by atoms with Gasteiger partial charge in [0.2, 0.25) is 5.91 Å². The predicted molar refractivity (Wildman–Crippen MR) is 101 cm³/mol. The molecule has 0 atom stereocenters. The molecule has 2 N–H and O–H groups in total. The van der Waals surface area contributed by atoms with Crippen LogP contribution in [0.3, 0.4) is 0 Å². The molecule has 26 heavy (non-hydrogen) atoms. The van der Waals surface area contributed by atoms with Gasteiger partial charge in [-0.15, -0.1) is 0 Å². The molecule has 6 nitrogen and oxygen atoms in total. The van der Waals surface area contributed by atoms with Crippen LogP contribution in [0.25, 0.3) is 0 Å². The normalized spacial score (nSPS) is 11.1. The standard InChI is InChI=1S/C19H22ClN3O3/c1-19(2,3)26-18(25)11-17(24)23(15-6-4-14(20)5-7-15)16-10-13(12-21)8-9-22-16/h4-10H,11-12,21H2,1-3H3. The molecule has 1 heterocycles. The van der Waals surface area contributed by atoms with Crippen molar-refractivity contribution in [1.29, 1.82) is 0 Å². The molecule has 1 amide bonds. The summed E-state index contributed by atoms with van der Waals surface area (Å²) in [4.78, 5) is 30.5. The first-order valence-corrected chi connectivity index (χ1v) is 8.53. The molecule has 1 aromatic carbocycles. The molecule has 0 aliphatic heterocycles. The summed E-state index contributed by atoms with van der Waals surface area (Å²) in [5.41, 5.74) is 6.38. The molecule has 2 aromatic rings. The van der Waals surface area contributed by atoms with Gasteiger partial charge in [0.05, 0.1) is 5.69 Å². The van der Waals surface area contributed by atoms with E-state index >= 15 is 0 Å². The van der Waals surface area contributed by atoms with Crippen molar-refractivity contribution in [3.63, 3.8) is 0 Å². The first-order chi connectivity index (χ1) is 12.2. The van der Waals surface area contributed by atoms with E-state index in [0.29, 0.717) is 23.1 Å². The largest absolute Gasteiger partial charge is 0.460 e. The molecule has 0 aliphatic rings. The number of nitrogens with zero attached hydrogens (tertiary/aromatic N) is 2. The van der Waals surface area contributed by atoms with Crippen molar-refractivity contribution in [2.45, 2.75) is 39.3 Å². The van der Waals surface area contributed by atoms with Crippen LogP contribution in [-0.4, -0.2) is 22.5 Å². The van der Waals surface area contributed by atoms with E-state index in [0.717, 1.165) is 5.56 Å². The third-order valence-electron chi connectivity index (χ3n) is 3.32. The lowest BCUT2D eigenvalue weighted by atomic mass is 10.2. The quantitative estimate of drug-likeness (QED) is 0.637. The minimum absolute atomic E-state index is 0.310. The summed E-state index contributed by atoms with van der Waals surface area (Å²) >= 11 is 5.94. The van der Waals surface area contributed by atoms with Crippen molar-refractivity contribution in [3.8, 4) is 0 Å². The van der Waals surface area contributed by atoms with Crippen molar-refractivity contribution in [2.75, 3.05) is 4.90 Å². The second-order valence-electron chi connectivity index (χ2n) is 6.70. The molecule has 0 saturated carbocycles. The van der Waals surface area contributed by atoms with Crippen LogP contribution < -0.4 is 10.6 Å². The Morgan fingerprint density at radius 1 is 1.19 bits per heavy atom. The molecule has 0 unspecified atom stereocenters. The lowest BCUT2D eigenvalue weighted by Gasteiger charge is -2.24. The van der Waals surface area contributed by atoms with Crippen molar-refractivity contribution in [2.24, 2.45) is 5.73 Å². The van der Waals surface area contributed by atoms with E-state index in [1.54, 1.807) is 63.4 Å². The maximum absolute atomic E-state index is 12.8. The van der Waals surface area contributed by atoms with Crippen molar-refractivity contribution >= 4 is 35.0 Å². The Kier molecular flexibility index (Phi) is 6.34. The van der Waals surface area contributed by atoms with Gasteiger partial charge < -0.3 is 10.5 Å². The SMILES string of the molecule is CC(C)(C)OC(=O)CC(=O)N(c1ccc(Cl)cc1)c1cc(CN)ccn1. The summed E-state index contributed by atoms with van der Waals surface area (Å²) in [6.07, 6.45) is 1.16. The van der Waals surface area contributed by atoms with Crippen LogP contribution in [-0.2, 0) is 20.9 Å². The first kappa shape index (κ1) is 19.9. The lowest BCUT2D eigenvalue weighted by Crippen LogP contribution is -2.32. The van der Waals surface area contributed by atoms with E-state index in [1.165, 1.54) is 4.90 Å². The average molecular weight is 376 g/mol. The summed E-state index contributed by atoms with van der Waals surface area (Å²) < 4.78 is 5.25. The van der Waals surface area contributed by atoms with Gasteiger partial charge in [-0.2, -0.15) is 0 Å². The van der Waals surface area contributed by atoms with Crippen LogP contribution in [0.5, 0.6) is 0 Å². The number of esters is 1. The first-order valence-electron chi connectivity index (χ1n) is 8.15. The Bertz CT molecular complexity index is 785. The number of amides is 1. The summed E-state index contributed by atoms with van der Waals surface area (Å²) in [7, 11) is 0. The van der Waals surface area contributed by atoms with Crippen molar-refractivity contribution in [1.82, 2.24) is 4.98 Å². The Balaban J connectivity index is 2.35. The Morgan fingerprint density at radius 3 is 2.42 bits per heavy atom. The monoisotopic (exact) mass is 375 g/mol. The van der Waals surface area contributed by atoms with E-state index < -0.39 is 23.9 Å². The molecule has 2 rings (SSSR count). The molecule has 0 radical (unpaired) electrons. The van der Waals surface area contributed by atoms with Crippen LogP contribution >= 0.6 is 11.6 Å². The number of anilines is 2. The Morgan fingerprint density at radius 2 is 1.85 bits per heavy atom. The molecular weight excluding hydrogens is 354 g/mol. The molecule has 0 fully saturated rings. The zero-order valence-electron chi connectivity index (χ0n) is 15.0. The molecular formula is C19H22ClN3O3. The van der Waals surface area contributed by atoms with Gasteiger partial charge in [-0.3, -0.25) is 14.5 Å². The van der Waals surface area contributed by atoms with Crippen LogP contribution in [0, 0.1) is 0 Å². The molecule has 7 heteroatoms. The molecule has 138 valence electrons. The smallest absolute Gasteiger partial charge is 0.315 e. The number of nitrogens with two attached hydrogens (primary N) is 1. The highest BCUT2D eigenvalue weighted by atomic mass is 35.5. The summed E-state index contributed by atoms with van der Waals surface area (Å²) in [5.74, 6) is -0.677. The third kappa shape index (κ3) is 5.54. The Hall–Kier alpha value is -2.44. The highest BCUT2D eigenvalue weighted by Gasteiger charge is 2.25. The average Bonchev–Trinajstić information content (AvgIpc) is 2.55. The number of halogens is 1. The predicted octanol–water partition coefficient (Wildman–Crippen LogP) is 3.59. The fourth-order valence-corrected chi connectivity index (χ4v) is 2.41. The molecule has 0 spiro atoms. The van der Waals surface area contributed by atoms with Crippen molar-refractivity contribution < 1.29 is 14.3 Å². The fraction of sp³-hybridized carbons (Fsp3) is 0.316. The minimum atomic E-state index is -0.666.